The number of aromatic nitrogens is 1. The molecule has 1 unspecified atom stereocenters. The molecule has 6 nitrogen and oxygen atoms in total. The molecule has 4 N–H and O–H groups in total. The molecule has 1 aromatic heterocycles. The summed E-state index contributed by atoms with van der Waals surface area (Å²) in [6.45, 7) is 3.29. The van der Waals surface area contributed by atoms with E-state index in [1.165, 1.54) is 6.42 Å². The van der Waals surface area contributed by atoms with E-state index in [-0.39, 0.29) is 11.8 Å². The number of hydrogen-bond donors (Lipinski definition) is 3. The van der Waals surface area contributed by atoms with Crippen LogP contribution in [0.2, 0.25) is 0 Å². The molecule has 2 heterocycles. The number of carbonyl (C=O) groups is 2. The summed E-state index contributed by atoms with van der Waals surface area (Å²) in [6, 6.07) is 6.70. The molecule has 1 aliphatic rings. The van der Waals surface area contributed by atoms with Crippen molar-refractivity contribution < 1.29 is 9.59 Å². The zero-order valence-electron chi connectivity index (χ0n) is 14.6. The maximum absolute atomic E-state index is 12.4. The topological polar surface area (TPSA) is 91.2 Å². The molecular formula is C19H26N4O2. The molecule has 0 aliphatic carbocycles. The lowest BCUT2D eigenvalue weighted by molar-refractivity contribution is -0.137. The third-order valence-electron chi connectivity index (χ3n) is 4.85. The Morgan fingerprint density at radius 3 is 2.72 bits per heavy atom. The van der Waals surface area contributed by atoms with E-state index in [0.29, 0.717) is 6.42 Å². The summed E-state index contributed by atoms with van der Waals surface area (Å²) in [6.07, 6.45) is 5.56. The molecule has 2 aromatic rings. The monoisotopic (exact) mass is 342 g/mol. The van der Waals surface area contributed by atoms with Gasteiger partial charge in [0.15, 0.2) is 0 Å². The predicted octanol–water partition coefficient (Wildman–Crippen LogP) is 1.55. The molecule has 1 fully saturated rings. The molecule has 2 atom stereocenters. The number of hydrogen-bond acceptors (Lipinski definition) is 3. The van der Waals surface area contributed by atoms with Crippen molar-refractivity contribution in [3.63, 3.8) is 0 Å². The Bertz CT molecular complexity index is 749. The number of aromatic amines is 1. The van der Waals surface area contributed by atoms with Gasteiger partial charge in [0.1, 0.15) is 6.04 Å². The molecular weight excluding hydrogens is 316 g/mol. The minimum Gasteiger partial charge on any atom is -0.361 e. The summed E-state index contributed by atoms with van der Waals surface area (Å²) < 4.78 is 0. The van der Waals surface area contributed by atoms with Gasteiger partial charge in [-0.15, -0.1) is 0 Å². The smallest absolute Gasteiger partial charge is 0.244 e. The van der Waals surface area contributed by atoms with Gasteiger partial charge in [0.2, 0.25) is 11.8 Å². The van der Waals surface area contributed by atoms with Crippen LogP contribution < -0.4 is 11.1 Å². The number of fused-ring (bicyclic) bond motifs is 1. The van der Waals surface area contributed by atoms with E-state index in [0.717, 1.165) is 42.4 Å². The molecule has 2 amide bonds. The van der Waals surface area contributed by atoms with Crippen molar-refractivity contribution in [2.45, 2.75) is 44.7 Å². The van der Waals surface area contributed by atoms with Crippen LogP contribution >= 0.6 is 0 Å². The predicted molar refractivity (Wildman–Crippen MR) is 98.0 cm³/mol. The third kappa shape index (κ3) is 4.02. The van der Waals surface area contributed by atoms with Gasteiger partial charge >= 0.3 is 0 Å². The van der Waals surface area contributed by atoms with E-state index < -0.39 is 12.1 Å². The first kappa shape index (κ1) is 17.5. The highest BCUT2D eigenvalue weighted by atomic mass is 16.2. The van der Waals surface area contributed by atoms with Crippen molar-refractivity contribution >= 4 is 22.7 Å². The van der Waals surface area contributed by atoms with E-state index in [1.54, 1.807) is 6.92 Å². The van der Waals surface area contributed by atoms with Gasteiger partial charge in [-0.25, -0.2) is 0 Å². The molecule has 1 aliphatic heterocycles. The Kier molecular flexibility index (Phi) is 5.38. The molecule has 25 heavy (non-hydrogen) atoms. The van der Waals surface area contributed by atoms with Crippen molar-refractivity contribution in [3.05, 3.63) is 36.0 Å². The maximum Gasteiger partial charge on any atom is 0.244 e. The van der Waals surface area contributed by atoms with Crippen LogP contribution in [-0.2, 0) is 16.0 Å². The highest BCUT2D eigenvalue weighted by Crippen LogP contribution is 2.18. The Balaban J connectivity index is 1.57. The first-order chi connectivity index (χ1) is 12.1. The lowest BCUT2D eigenvalue weighted by Gasteiger charge is -2.29. The minimum absolute atomic E-state index is 0.0210. The summed E-state index contributed by atoms with van der Waals surface area (Å²) in [7, 11) is 0. The Morgan fingerprint density at radius 2 is 1.96 bits per heavy atom. The fraction of sp³-hybridized carbons (Fsp3) is 0.474. The second kappa shape index (κ2) is 7.70. The lowest BCUT2D eigenvalue weighted by atomic mass is 10.0. The molecule has 0 bridgehead atoms. The van der Waals surface area contributed by atoms with Gasteiger partial charge in [-0.2, -0.15) is 0 Å². The molecule has 6 heteroatoms. The quantitative estimate of drug-likeness (QED) is 0.770. The van der Waals surface area contributed by atoms with E-state index in [4.69, 9.17) is 5.73 Å². The van der Waals surface area contributed by atoms with Crippen molar-refractivity contribution in [3.8, 4) is 0 Å². The van der Waals surface area contributed by atoms with Crippen LogP contribution in [0.15, 0.2) is 30.5 Å². The number of nitrogens with two attached hydrogens (primary N) is 1. The number of nitrogens with zero attached hydrogens (tertiary/aromatic N) is 1. The Morgan fingerprint density at radius 1 is 1.24 bits per heavy atom. The summed E-state index contributed by atoms with van der Waals surface area (Å²) >= 11 is 0. The molecule has 3 rings (SSSR count). The summed E-state index contributed by atoms with van der Waals surface area (Å²) in [4.78, 5) is 29.8. The summed E-state index contributed by atoms with van der Waals surface area (Å²) in [5, 5.41) is 3.84. The molecule has 0 saturated carbocycles. The number of para-hydroxylation sites is 1. The maximum atomic E-state index is 12.4. The highest BCUT2D eigenvalue weighted by Gasteiger charge is 2.25. The van der Waals surface area contributed by atoms with Gasteiger partial charge in [-0.1, -0.05) is 18.2 Å². The minimum atomic E-state index is -0.684. The van der Waals surface area contributed by atoms with Crippen LogP contribution in [0.4, 0.5) is 0 Å². The highest BCUT2D eigenvalue weighted by molar-refractivity contribution is 5.90. The third-order valence-corrected chi connectivity index (χ3v) is 4.85. The van der Waals surface area contributed by atoms with Gasteiger partial charge in [0, 0.05) is 30.2 Å². The normalized spacial score (nSPS) is 17.3. The van der Waals surface area contributed by atoms with Gasteiger partial charge in [0.25, 0.3) is 0 Å². The van der Waals surface area contributed by atoms with E-state index in [2.05, 4.69) is 10.3 Å². The first-order valence-electron chi connectivity index (χ1n) is 8.96. The molecule has 1 saturated heterocycles. The van der Waals surface area contributed by atoms with Crippen LogP contribution in [0.3, 0.4) is 0 Å². The number of H-pyrrole nitrogens is 1. The number of likely N-dealkylation sites (tertiary alicyclic amines) is 1. The first-order valence-corrected chi connectivity index (χ1v) is 8.96. The zero-order chi connectivity index (χ0) is 17.8. The van der Waals surface area contributed by atoms with Crippen LogP contribution in [0.1, 0.15) is 31.7 Å². The number of nitrogens with one attached hydrogen (secondary N) is 2. The molecule has 134 valence electrons. The van der Waals surface area contributed by atoms with E-state index in [1.807, 2.05) is 35.4 Å². The van der Waals surface area contributed by atoms with Crippen LogP contribution in [0.25, 0.3) is 10.9 Å². The van der Waals surface area contributed by atoms with Gasteiger partial charge in [-0.05, 0) is 44.2 Å². The van der Waals surface area contributed by atoms with Crippen LogP contribution in [0.5, 0.6) is 0 Å². The number of carbonyl (C=O) groups excluding carboxylic acids is 2. The Labute approximate surface area is 147 Å². The molecule has 0 spiro atoms. The Hall–Kier alpha value is -2.34. The van der Waals surface area contributed by atoms with Gasteiger partial charge in [-0.3, -0.25) is 9.59 Å². The summed E-state index contributed by atoms with van der Waals surface area (Å²) in [5.74, 6) is -0.310. The fourth-order valence-electron chi connectivity index (χ4n) is 3.40. The van der Waals surface area contributed by atoms with Crippen molar-refractivity contribution in [2.24, 2.45) is 5.73 Å². The van der Waals surface area contributed by atoms with Crippen molar-refractivity contribution in [1.82, 2.24) is 15.2 Å². The van der Waals surface area contributed by atoms with Crippen molar-refractivity contribution in [2.75, 3.05) is 13.1 Å². The lowest BCUT2D eigenvalue weighted by Crippen LogP contribution is -2.52. The van der Waals surface area contributed by atoms with Crippen LogP contribution in [-0.4, -0.2) is 46.9 Å². The molecule has 0 radical (unpaired) electrons. The largest absolute Gasteiger partial charge is 0.361 e. The van der Waals surface area contributed by atoms with Crippen molar-refractivity contribution in [1.29, 1.82) is 0 Å². The number of rotatable bonds is 5. The average Bonchev–Trinajstić information content (AvgIpc) is 3.04. The van der Waals surface area contributed by atoms with Crippen LogP contribution in [0, 0.1) is 0 Å². The second-order valence-electron chi connectivity index (χ2n) is 6.79. The standard InChI is InChI=1S/C19H26N4O2/c1-13(19(25)23-9-5-2-6-10-23)22-18(24)16(20)11-14-12-21-17-8-4-3-7-15(14)17/h3-4,7-8,12-13,16,21H,2,5-6,9-11,20H2,1H3,(H,22,24)/t13?,16-/m0/s1. The number of benzene rings is 1. The number of piperidine rings is 1. The van der Waals surface area contributed by atoms with Gasteiger partial charge < -0.3 is 20.9 Å². The molecule has 1 aromatic carbocycles. The average molecular weight is 342 g/mol. The zero-order valence-corrected chi connectivity index (χ0v) is 14.6. The van der Waals surface area contributed by atoms with E-state index in [9.17, 15) is 9.59 Å². The fourth-order valence-corrected chi connectivity index (χ4v) is 3.40. The van der Waals surface area contributed by atoms with Gasteiger partial charge in [0.05, 0.1) is 6.04 Å². The SMILES string of the molecule is CC(NC(=O)[C@@H](N)Cc1c[nH]c2ccccc12)C(=O)N1CCCCC1. The second-order valence-corrected chi connectivity index (χ2v) is 6.79. The summed E-state index contributed by atoms with van der Waals surface area (Å²) in [5.41, 5.74) is 8.11. The number of amides is 2. The van der Waals surface area contributed by atoms with E-state index >= 15 is 0 Å².